The van der Waals surface area contributed by atoms with Gasteiger partial charge in [-0.15, -0.1) is 0 Å². The van der Waals surface area contributed by atoms with E-state index in [1.54, 1.807) is 12.1 Å². The summed E-state index contributed by atoms with van der Waals surface area (Å²) in [6.07, 6.45) is -0.0887. The van der Waals surface area contributed by atoms with Gasteiger partial charge in [0.1, 0.15) is 5.54 Å². The molecule has 0 heterocycles. The zero-order valence-electron chi connectivity index (χ0n) is 8.80. The van der Waals surface area contributed by atoms with Gasteiger partial charge in [-0.25, -0.2) is 4.79 Å². The van der Waals surface area contributed by atoms with Crippen LogP contribution in [0.1, 0.15) is 18.1 Å². The van der Waals surface area contributed by atoms with E-state index < -0.39 is 17.5 Å². The van der Waals surface area contributed by atoms with Crippen LogP contribution < -0.4 is 5.73 Å². The standard InChI is InChI=1S/C11H13NO4/c1-11(12,10(15)16)8-4-2-7(3-5-8)6-9(13)14/h2-5H,6,12H2,1H3,(H,13,14)(H,15,16). The van der Waals surface area contributed by atoms with Gasteiger partial charge in [-0.1, -0.05) is 24.3 Å². The van der Waals surface area contributed by atoms with Gasteiger partial charge in [0.25, 0.3) is 0 Å². The minimum Gasteiger partial charge on any atom is -0.481 e. The van der Waals surface area contributed by atoms with Crippen molar-refractivity contribution in [2.75, 3.05) is 0 Å². The molecule has 5 heteroatoms. The fraction of sp³-hybridized carbons (Fsp3) is 0.273. The van der Waals surface area contributed by atoms with Crippen molar-refractivity contribution in [2.45, 2.75) is 18.9 Å². The predicted molar refractivity (Wildman–Crippen MR) is 57.0 cm³/mol. The number of hydrogen-bond donors (Lipinski definition) is 3. The molecular weight excluding hydrogens is 210 g/mol. The Bertz CT molecular complexity index is 408. The van der Waals surface area contributed by atoms with Gasteiger partial charge < -0.3 is 15.9 Å². The zero-order valence-corrected chi connectivity index (χ0v) is 8.80. The maximum Gasteiger partial charge on any atom is 0.328 e. The SMILES string of the molecule is CC(N)(C(=O)O)c1ccc(CC(=O)O)cc1. The molecule has 0 saturated carbocycles. The van der Waals surface area contributed by atoms with Gasteiger partial charge in [-0.2, -0.15) is 0 Å². The second-order valence-electron chi connectivity index (χ2n) is 3.77. The molecule has 1 aromatic rings. The maximum absolute atomic E-state index is 10.9. The number of carboxylic acids is 2. The summed E-state index contributed by atoms with van der Waals surface area (Å²) in [5, 5.41) is 17.5. The highest BCUT2D eigenvalue weighted by molar-refractivity contribution is 5.80. The Morgan fingerprint density at radius 2 is 1.75 bits per heavy atom. The summed E-state index contributed by atoms with van der Waals surface area (Å²) < 4.78 is 0. The smallest absolute Gasteiger partial charge is 0.328 e. The molecule has 0 saturated heterocycles. The first-order valence-electron chi connectivity index (χ1n) is 4.67. The molecule has 0 aliphatic carbocycles. The Kier molecular flexibility index (Phi) is 3.29. The molecule has 16 heavy (non-hydrogen) atoms. The van der Waals surface area contributed by atoms with E-state index in [0.29, 0.717) is 11.1 Å². The summed E-state index contributed by atoms with van der Waals surface area (Å²) in [6.45, 7) is 1.39. The summed E-state index contributed by atoms with van der Waals surface area (Å²) in [5.41, 5.74) is 5.21. The Morgan fingerprint density at radius 3 is 2.12 bits per heavy atom. The van der Waals surface area contributed by atoms with Crippen LogP contribution >= 0.6 is 0 Å². The van der Waals surface area contributed by atoms with Crippen LogP contribution in [-0.2, 0) is 21.5 Å². The van der Waals surface area contributed by atoms with Crippen LogP contribution in [0.2, 0.25) is 0 Å². The Balaban J connectivity index is 2.95. The first kappa shape index (κ1) is 12.2. The quantitative estimate of drug-likeness (QED) is 0.692. The third-order valence-corrected chi connectivity index (χ3v) is 2.35. The molecule has 0 spiro atoms. The summed E-state index contributed by atoms with van der Waals surface area (Å²) in [7, 11) is 0. The minimum absolute atomic E-state index is 0.0887. The lowest BCUT2D eigenvalue weighted by Crippen LogP contribution is -2.41. The molecule has 1 unspecified atom stereocenters. The highest BCUT2D eigenvalue weighted by Crippen LogP contribution is 2.18. The van der Waals surface area contributed by atoms with Gasteiger partial charge in [0.15, 0.2) is 0 Å². The van der Waals surface area contributed by atoms with Crippen LogP contribution in [-0.4, -0.2) is 22.2 Å². The van der Waals surface area contributed by atoms with Crippen molar-refractivity contribution in [3.8, 4) is 0 Å². The highest BCUT2D eigenvalue weighted by Gasteiger charge is 2.29. The van der Waals surface area contributed by atoms with E-state index in [1.807, 2.05) is 0 Å². The molecular formula is C11H13NO4. The number of nitrogens with two attached hydrogens (primary N) is 1. The molecule has 0 aliphatic rings. The van der Waals surface area contributed by atoms with Crippen molar-refractivity contribution in [2.24, 2.45) is 5.73 Å². The van der Waals surface area contributed by atoms with Crippen molar-refractivity contribution >= 4 is 11.9 Å². The second kappa shape index (κ2) is 4.32. The monoisotopic (exact) mass is 223 g/mol. The van der Waals surface area contributed by atoms with Gasteiger partial charge in [-0.3, -0.25) is 4.79 Å². The molecule has 1 atom stereocenters. The normalized spacial score (nSPS) is 14.1. The number of hydrogen-bond acceptors (Lipinski definition) is 3. The van der Waals surface area contributed by atoms with Crippen molar-refractivity contribution in [3.63, 3.8) is 0 Å². The summed E-state index contributed by atoms with van der Waals surface area (Å²) in [4.78, 5) is 21.3. The van der Waals surface area contributed by atoms with E-state index in [4.69, 9.17) is 15.9 Å². The largest absolute Gasteiger partial charge is 0.481 e. The number of carboxylic acid groups (broad SMARTS) is 2. The molecule has 1 aromatic carbocycles. The molecule has 0 amide bonds. The minimum atomic E-state index is -1.46. The van der Waals surface area contributed by atoms with E-state index >= 15 is 0 Å². The molecule has 0 aromatic heterocycles. The average molecular weight is 223 g/mol. The lowest BCUT2D eigenvalue weighted by molar-refractivity contribution is -0.143. The van der Waals surface area contributed by atoms with Crippen LogP contribution in [0.4, 0.5) is 0 Å². The molecule has 0 radical (unpaired) electrons. The van der Waals surface area contributed by atoms with E-state index in [9.17, 15) is 9.59 Å². The average Bonchev–Trinajstić information content (AvgIpc) is 2.17. The Hall–Kier alpha value is -1.88. The summed E-state index contributed by atoms with van der Waals surface area (Å²) >= 11 is 0. The topological polar surface area (TPSA) is 101 Å². The van der Waals surface area contributed by atoms with E-state index in [-0.39, 0.29) is 6.42 Å². The van der Waals surface area contributed by atoms with Crippen LogP contribution in [0, 0.1) is 0 Å². The maximum atomic E-state index is 10.9. The van der Waals surface area contributed by atoms with Crippen LogP contribution in [0.5, 0.6) is 0 Å². The van der Waals surface area contributed by atoms with E-state index in [2.05, 4.69) is 0 Å². The number of benzene rings is 1. The molecule has 0 fully saturated rings. The van der Waals surface area contributed by atoms with Crippen molar-refractivity contribution in [1.82, 2.24) is 0 Å². The van der Waals surface area contributed by atoms with Crippen LogP contribution in [0.25, 0.3) is 0 Å². The Labute approximate surface area is 92.5 Å². The first-order chi connectivity index (χ1) is 7.34. The highest BCUT2D eigenvalue weighted by atomic mass is 16.4. The van der Waals surface area contributed by atoms with Gasteiger partial charge in [0, 0.05) is 0 Å². The number of aliphatic carboxylic acids is 2. The molecule has 4 N–H and O–H groups in total. The zero-order chi connectivity index (χ0) is 12.3. The third kappa shape index (κ3) is 2.58. The molecule has 0 aliphatic heterocycles. The fourth-order valence-corrected chi connectivity index (χ4v) is 1.27. The van der Waals surface area contributed by atoms with Gasteiger partial charge in [0.05, 0.1) is 6.42 Å². The molecule has 86 valence electrons. The van der Waals surface area contributed by atoms with E-state index in [0.717, 1.165) is 0 Å². The molecule has 1 rings (SSSR count). The molecule has 5 nitrogen and oxygen atoms in total. The van der Waals surface area contributed by atoms with Crippen molar-refractivity contribution in [3.05, 3.63) is 35.4 Å². The van der Waals surface area contributed by atoms with Crippen LogP contribution in [0.3, 0.4) is 0 Å². The van der Waals surface area contributed by atoms with Crippen LogP contribution in [0.15, 0.2) is 24.3 Å². The van der Waals surface area contributed by atoms with Gasteiger partial charge in [0.2, 0.25) is 0 Å². The second-order valence-corrected chi connectivity index (χ2v) is 3.77. The fourth-order valence-electron chi connectivity index (χ4n) is 1.27. The Morgan fingerprint density at radius 1 is 1.25 bits per heavy atom. The predicted octanol–water partition coefficient (Wildman–Crippen LogP) is 0.572. The number of carbonyl (C=O) groups is 2. The third-order valence-electron chi connectivity index (χ3n) is 2.35. The molecule has 0 bridgehead atoms. The van der Waals surface area contributed by atoms with Gasteiger partial charge in [-0.05, 0) is 18.1 Å². The summed E-state index contributed by atoms with van der Waals surface area (Å²) in [5.74, 6) is -2.06. The first-order valence-corrected chi connectivity index (χ1v) is 4.67. The number of rotatable bonds is 4. The van der Waals surface area contributed by atoms with Gasteiger partial charge >= 0.3 is 11.9 Å². The van der Waals surface area contributed by atoms with Crippen molar-refractivity contribution in [1.29, 1.82) is 0 Å². The van der Waals surface area contributed by atoms with E-state index in [1.165, 1.54) is 19.1 Å². The lowest BCUT2D eigenvalue weighted by Gasteiger charge is -2.19. The summed E-state index contributed by atoms with van der Waals surface area (Å²) in [6, 6.07) is 6.20. The lowest BCUT2D eigenvalue weighted by atomic mass is 9.92. The van der Waals surface area contributed by atoms with Crippen molar-refractivity contribution < 1.29 is 19.8 Å².